The maximum atomic E-state index is 13.6. The van der Waals surface area contributed by atoms with Gasteiger partial charge in [-0.25, -0.2) is 9.37 Å². The number of carbonyl (C=O) groups excluding carboxylic acids is 2. The number of ketones is 1. The van der Waals surface area contributed by atoms with Crippen LogP contribution in [0.2, 0.25) is 0 Å². The fourth-order valence-electron chi connectivity index (χ4n) is 4.90. The van der Waals surface area contributed by atoms with Crippen molar-refractivity contribution in [1.29, 1.82) is 0 Å². The highest BCUT2D eigenvalue weighted by Gasteiger charge is 2.45. The third-order valence-corrected chi connectivity index (χ3v) is 7.64. The summed E-state index contributed by atoms with van der Waals surface area (Å²) in [6.45, 7) is 5.08. The van der Waals surface area contributed by atoms with Crippen LogP contribution in [0.25, 0.3) is 22.6 Å². The minimum absolute atomic E-state index is 0.00302. The summed E-state index contributed by atoms with van der Waals surface area (Å²) in [5.74, 6) is 0.131. The van der Waals surface area contributed by atoms with Gasteiger partial charge in [-0.1, -0.05) is 11.2 Å². The van der Waals surface area contributed by atoms with Crippen LogP contribution < -0.4 is 15.2 Å². The van der Waals surface area contributed by atoms with E-state index in [9.17, 15) is 19.1 Å². The number of amides is 1. The second-order valence-corrected chi connectivity index (χ2v) is 10.7. The number of aryl methyl sites for hydroxylation is 1. The van der Waals surface area contributed by atoms with Gasteiger partial charge in [0, 0.05) is 28.7 Å². The first-order valence-electron chi connectivity index (χ1n) is 13.0. The number of hydrogen-bond acceptors (Lipinski definition) is 8. The Morgan fingerprint density at radius 3 is 2.56 bits per heavy atom. The second kappa shape index (κ2) is 10.4. The number of ether oxygens (including phenoxy) is 2. The van der Waals surface area contributed by atoms with Crippen LogP contribution in [-0.4, -0.2) is 40.7 Å². The number of carbonyl (C=O) groups is 2. The standard InChI is InChI=1S/C31H30FN3O6/c1-17-15-34-41-27(17)21-10-7-19(13-24(21)39-4)23(36)11-12-31(3,38)25-14-22-28(40-16-30(22,2)29(33)37)26(35-25)18-5-8-20(32)9-6-18/h5-10,13-15,38H,11-12,16H2,1-4H3,(H2,33,37)/t30-,31-/m0/s1. The first-order valence-corrected chi connectivity index (χ1v) is 13.0. The smallest absolute Gasteiger partial charge is 0.231 e. The molecule has 2 aromatic carbocycles. The molecule has 0 bridgehead atoms. The predicted molar refractivity (Wildman–Crippen MR) is 148 cm³/mol. The molecule has 3 heterocycles. The summed E-state index contributed by atoms with van der Waals surface area (Å²) in [7, 11) is 1.51. The minimum atomic E-state index is -1.57. The van der Waals surface area contributed by atoms with E-state index in [1.807, 2.05) is 6.92 Å². The van der Waals surface area contributed by atoms with Crippen LogP contribution in [0.15, 0.2) is 59.3 Å². The molecule has 4 aromatic rings. The van der Waals surface area contributed by atoms with Gasteiger partial charge in [-0.15, -0.1) is 0 Å². The summed E-state index contributed by atoms with van der Waals surface area (Å²) in [6, 6.07) is 12.3. The summed E-state index contributed by atoms with van der Waals surface area (Å²) in [4.78, 5) is 30.3. The number of pyridine rings is 1. The number of aliphatic hydroxyl groups is 1. The van der Waals surface area contributed by atoms with Gasteiger partial charge in [0.2, 0.25) is 5.91 Å². The molecule has 1 aliphatic heterocycles. The molecule has 2 aromatic heterocycles. The van der Waals surface area contributed by atoms with Gasteiger partial charge in [0.1, 0.15) is 40.6 Å². The molecule has 0 saturated heterocycles. The molecule has 0 radical (unpaired) electrons. The first kappa shape index (κ1) is 28.0. The van der Waals surface area contributed by atoms with E-state index in [0.717, 1.165) is 5.56 Å². The fraction of sp³-hybridized carbons (Fsp3) is 0.290. The normalized spacial score (nSPS) is 17.4. The van der Waals surface area contributed by atoms with E-state index >= 15 is 0 Å². The number of nitrogens with zero attached hydrogens (tertiary/aromatic N) is 2. The molecule has 0 saturated carbocycles. The maximum absolute atomic E-state index is 13.6. The number of aromatic nitrogens is 2. The first-order chi connectivity index (χ1) is 19.4. The Morgan fingerprint density at radius 1 is 1.20 bits per heavy atom. The molecule has 10 heteroatoms. The lowest BCUT2D eigenvalue weighted by Crippen LogP contribution is -2.40. The van der Waals surface area contributed by atoms with Gasteiger partial charge in [-0.3, -0.25) is 9.59 Å². The van der Waals surface area contributed by atoms with Crippen molar-refractivity contribution >= 4 is 11.7 Å². The van der Waals surface area contributed by atoms with Gasteiger partial charge in [-0.2, -0.15) is 0 Å². The Morgan fingerprint density at radius 2 is 1.93 bits per heavy atom. The minimum Gasteiger partial charge on any atom is -0.496 e. The molecular formula is C31H30FN3O6. The van der Waals surface area contributed by atoms with Crippen molar-refractivity contribution in [2.75, 3.05) is 13.7 Å². The highest BCUT2D eigenvalue weighted by molar-refractivity contribution is 5.97. The van der Waals surface area contributed by atoms with Crippen molar-refractivity contribution < 1.29 is 33.1 Å². The average Bonchev–Trinajstić information content (AvgIpc) is 3.55. The average molecular weight is 560 g/mol. The monoisotopic (exact) mass is 559 g/mol. The number of Topliss-reactive ketones (excluding diaryl/α,β-unsaturated/α-hetero) is 1. The summed E-state index contributed by atoms with van der Waals surface area (Å²) in [5, 5.41) is 15.4. The second-order valence-electron chi connectivity index (χ2n) is 10.7. The molecule has 3 N–H and O–H groups in total. The number of hydrogen-bond donors (Lipinski definition) is 2. The van der Waals surface area contributed by atoms with Crippen molar-refractivity contribution in [2.45, 2.75) is 44.6 Å². The fourth-order valence-corrected chi connectivity index (χ4v) is 4.90. The third-order valence-electron chi connectivity index (χ3n) is 7.64. The van der Waals surface area contributed by atoms with E-state index < -0.39 is 22.7 Å². The molecule has 2 atom stereocenters. The highest BCUT2D eigenvalue weighted by atomic mass is 19.1. The van der Waals surface area contributed by atoms with Crippen molar-refractivity contribution in [3.05, 3.63) is 82.9 Å². The molecule has 0 spiro atoms. The lowest BCUT2D eigenvalue weighted by atomic mass is 9.81. The zero-order chi connectivity index (χ0) is 29.5. The molecule has 1 aliphatic rings. The summed E-state index contributed by atoms with van der Waals surface area (Å²) < 4.78 is 30.3. The molecule has 1 amide bonds. The highest BCUT2D eigenvalue weighted by Crippen LogP contribution is 2.46. The molecular weight excluding hydrogens is 529 g/mol. The number of rotatable bonds is 9. The zero-order valence-corrected chi connectivity index (χ0v) is 23.2. The summed E-state index contributed by atoms with van der Waals surface area (Å²) >= 11 is 0. The number of fused-ring (bicyclic) bond motifs is 1. The quantitative estimate of drug-likeness (QED) is 0.277. The Kier molecular flexibility index (Phi) is 7.12. The van der Waals surface area contributed by atoms with Crippen LogP contribution in [0.3, 0.4) is 0 Å². The molecule has 0 fully saturated rings. The van der Waals surface area contributed by atoms with Gasteiger partial charge >= 0.3 is 0 Å². The van der Waals surface area contributed by atoms with Crippen LogP contribution in [-0.2, 0) is 15.8 Å². The van der Waals surface area contributed by atoms with E-state index in [4.69, 9.17) is 19.7 Å². The largest absolute Gasteiger partial charge is 0.496 e. The number of primary amides is 1. The van der Waals surface area contributed by atoms with Gasteiger partial charge in [-0.05, 0) is 69.7 Å². The molecule has 212 valence electrons. The van der Waals surface area contributed by atoms with Gasteiger partial charge in [0.05, 0.1) is 24.6 Å². The Hall–Kier alpha value is -4.57. The topological polar surface area (TPSA) is 138 Å². The zero-order valence-electron chi connectivity index (χ0n) is 23.2. The van der Waals surface area contributed by atoms with Crippen LogP contribution in [0, 0.1) is 12.7 Å². The van der Waals surface area contributed by atoms with Crippen molar-refractivity contribution in [3.63, 3.8) is 0 Å². The summed E-state index contributed by atoms with van der Waals surface area (Å²) in [5.41, 5.74) is 6.51. The van der Waals surface area contributed by atoms with E-state index in [1.54, 1.807) is 56.4 Å². The van der Waals surface area contributed by atoms with Gasteiger partial charge in [0.25, 0.3) is 0 Å². The van der Waals surface area contributed by atoms with E-state index in [1.165, 1.54) is 19.2 Å². The van der Waals surface area contributed by atoms with Crippen LogP contribution >= 0.6 is 0 Å². The number of halogens is 1. The van der Waals surface area contributed by atoms with Crippen molar-refractivity contribution in [1.82, 2.24) is 10.1 Å². The van der Waals surface area contributed by atoms with Crippen molar-refractivity contribution in [2.24, 2.45) is 5.73 Å². The number of benzene rings is 2. The van der Waals surface area contributed by atoms with Gasteiger partial charge < -0.3 is 24.8 Å². The summed E-state index contributed by atoms with van der Waals surface area (Å²) in [6.07, 6.45) is 1.62. The molecule has 5 rings (SSSR count). The lowest BCUT2D eigenvalue weighted by Gasteiger charge is -2.26. The van der Waals surface area contributed by atoms with Crippen LogP contribution in [0.4, 0.5) is 4.39 Å². The molecule has 0 aliphatic carbocycles. The molecule has 9 nitrogen and oxygen atoms in total. The van der Waals surface area contributed by atoms with E-state index in [2.05, 4.69) is 10.1 Å². The predicted octanol–water partition coefficient (Wildman–Crippen LogP) is 4.87. The third kappa shape index (κ3) is 5.06. The van der Waals surface area contributed by atoms with E-state index in [0.29, 0.717) is 45.2 Å². The number of methoxy groups -OCH3 is 1. The van der Waals surface area contributed by atoms with Gasteiger partial charge in [0.15, 0.2) is 11.5 Å². The lowest BCUT2D eigenvalue weighted by molar-refractivity contribution is -0.123. The van der Waals surface area contributed by atoms with Crippen LogP contribution in [0.1, 0.15) is 53.9 Å². The van der Waals surface area contributed by atoms with Crippen molar-refractivity contribution in [3.8, 4) is 34.1 Å². The Bertz CT molecular complexity index is 1650. The maximum Gasteiger partial charge on any atom is 0.231 e. The van der Waals surface area contributed by atoms with Crippen LogP contribution in [0.5, 0.6) is 11.5 Å². The Balaban J connectivity index is 1.45. The Labute approximate surface area is 236 Å². The SMILES string of the molecule is COc1cc(C(=O)CC[C@](C)(O)c2cc3c(c(-c4ccc(F)cc4)n2)OC[C@]3(C)C(N)=O)ccc1-c1oncc1C. The molecule has 0 unspecified atom stereocenters. The number of nitrogens with two attached hydrogens (primary N) is 1. The molecule has 41 heavy (non-hydrogen) atoms. The van der Waals surface area contributed by atoms with E-state index in [-0.39, 0.29) is 30.9 Å².